The third-order valence-corrected chi connectivity index (χ3v) is 3.81. The summed E-state index contributed by atoms with van der Waals surface area (Å²) in [6.45, 7) is 3.94. The number of nitrogens with one attached hydrogen (secondary N) is 1. The fourth-order valence-electron chi connectivity index (χ4n) is 2.34. The first-order valence-corrected chi connectivity index (χ1v) is 7.87. The van der Waals surface area contributed by atoms with Gasteiger partial charge in [0.05, 0.1) is 11.6 Å². The number of pyridine rings is 1. The van der Waals surface area contributed by atoms with Crippen LogP contribution < -0.4 is 5.32 Å². The van der Waals surface area contributed by atoms with E-state index >= 15 is 0 Å². The lowest BCUT2D eigenvalue weighted by atomic mass is 10.1. The maximum atomic E-state index is 12.0. The van der Waals surface area contributed by atoms with Crippen molar-refractivity contribution in [3.63, 3.8) is 0 Å². The number of ether oxygens (including phenoxy) is 1. The van der Waals surface area contributed by atoms with Crippen molar-refractivity contribution in [2.24, 2.45) is 0 Å². The van der Waals surface area contributed by atoms with Crippen LogP contribution in [0.2, 0.25) is 5.02 Å². The summed E-state index contributed by atoms with van der Waals surface area (Å²) < 4.78 is 5.26. The molecule has 1 aliphatic heterocycles. The van der Waals surface area contributed by atoms with Crippen molar-refractivity contribution in [3.05, 3.63) is 23.4 Å². The van der Waals surface area contributed by atoms with E-state index in [9.17, 15) is 4.79 Å². The lowest BCUT2D eigenvalue weighted by molar-refractivity contribution is 0.0920. The van der Waals surface area contributed by atoms with Crippen molar-refractivity contribution >= 4 is 23.5 Å². The Morgan fingerprint density at radius 3 is 3.24 bits per heavy atom. The molecule has 2 rings (SSSR count). The van der Waals surface area contributed by atoms with Crippen LogP contribution in [0.15, 0.2) is 18.3 Å². The maximum absolute atomic E-state index is 12.0. The predicted molar refractivity (Wildman–Crippen MR) is 83.7 cm³/mol. The van der Waals surface area contributed by atoms with Crippen molar-refractivity contribution in [2.45, 2.75) is 38.6 Å². The minimum atomic E-state index is -0.220. The summed E-state index contributed by atoms with van der Waals surface area (Å²) in [6, 6.07) is 3.76. The van der Waals surface area contributed by atoms with Crippen LogP contribution >= 0.6 is 11.6 Å². The Morgan fingerprint density at radius 2 is 2.48 bits per heavy atom. The highest BCUT2D eigenvalue weighted by molar-refractivity contribution is 6.32. The quantitative estimate of drug-likeness (QED) is 0.845. The minimum absolute atomic E-state index is 0.157. The average molecular weight is 312 g/mol. The first-order chi connectivity index (χ1) is 10.2. The van der Waals surface area contributed by atoms with Crippen molar-refractivity contribution < 1.29 is 9.53 Å². The number of amides is 1. The molecule has 1 aromatic rings. The number of unbranched alkanes of at least 4 members (excludes halogenated alkanes) is 1. The molecule has 1 unspecified atom stereocenters. The van der Waals surface area contributed by atoms with E-state index in [1.54, 1.807) is 23.2 Å². The molecule has 1 N–H and O–H groups in total. The number of aromatic nitrogens is 1. The van der Waals surface area contributed by atoms with Crippen molar-refractivity contribution in [3.8, 4) is 0 Å². The van der Waals surface area contributed by atoms with Gasteiger partial charge in [0.2, 0.25) is 0 Å². The molecular formula is C15H22ClN3O2. The Hall–Kier alpha value is -1.49. The smallest absolute Gasteiger partial charge is 0.409 e. The number of nitrogens with zero attached hydrogens (tertiary/aromatic N) is 2. The molecule has 21 heavy (non-hydrogen) atoms. The molecule has 0 bridgehead atoms. The summed E-state index contributed by atoms with van der Waals surface area (Å²) in [5, 5.41) is 3.91. The predicted octanol–water partition coefficient (Wildman–Crippen LogP) is 3.55. The van der Waals surface area contributed by atoms with Crippen molar-refractivity contribution in [2.75, 3.05) is 25.0 Å². The molecule has 1 amide bonds. The largest absolute Gasteiger partial charge is 0.449 e. The van der Waals surface area contributed by atoms with Gasteiger partial charge in [0.1, 0.15) is 5.82 Å². The van der Waals surface area contributed by atoms with Crippen LogP contribution in [0.4, 0.5) is 10.6 Å². The summed E-state index contributed by atoms with van der Waals surface area (Å²) in [7, 11) is 0. The fourth-order valence-corrected chi connectivity index (χ4v) is 2.52. The fraction of sp³-hybridized carbons (Fsp3) is 0.600. The Morgan fingerprint density at radius 1 is 1.62 bits per heavy atom. The van der Waals surface area contributed by atoms with Gasteiger partial charge in [0.25, 0.3) is 0 Å². The summed E-state index contributed by atoms with van der Waals surface area (Å²) in [4.78, 5) is 18.0. The molecule has 0 aliphatic carbocycles. The van der Waals surface area contributed by atoms with Crippen LogP contribution in [0.5, 0.6) is 0 Å². The van der Waals surface area contributed by atoms with Gasteiger partial charge in [-0.3, -0.25) is 0 Å². The third kappa shape index (κ3) is 4.77. The SMILES string of the molecule is CCCCOC(=O)N1CCCC(Nc2ncccc2Cl)C1. The average Bonchev–Trinajstić information content (AvgIpc) is 2.50. The zero-order chi connectivity index (χ0) is 15.1. The van der Waals surface area contributed by atoms with E-state index in [1.165, 1.54) is 0 Å². The number of carbonyl (C=O) groups excluding carboxylic acids is 1. The topological polar surface area (TPSA) is 54.5 Å². The minimum Gasteiger partial charge on any atom is -0.449 e. The Bertz CT molecular complexity index is 470. The van der Waals surface area contributed by atoms with E-state index in [0.29, 0.717) is 24.0 Å². The second-order valence-electron chi connectivity index (χ2n) is 5.23. The second kappa shape index (κ2) is 8.08. The highest BCUT2D eigenvalue weighted by Crippen LogP contribution is 2.21. The van der Waals surface area contributed by atoms with E-state index in [2.05, 4.69) is 17.2 Å². The van der Waals surface area contributed by atoms with E-state index < -0.39 is 0 Å². The molecule has 1 aromatic heterocycles. The number of piperidine rings is 1. The van der Waals surface area contributed by atoms with Gasteiger partial charge in [0, 0.05) is 25.3 Å². The zero-order valence-electron chi connectivity index (χ0n) is 12.3. The first kappa shape index (κ1) is 15.9. The monoisotopic (exact) mass is 311 g/mol. The van der Waals surface area contributed by atoms with E-state index in [0.717, 1.165) is 32.2 Å². The molecule has 1 atom stereocenters. The zero-order valence-corrected chi connectivity index (χ0v) is 13.1. The molecule has 0 aromatic carbocycles. The van der Waals surface area contributed by atoms with Gasteiger partial charge >= 0.3 is 6.09 Å². The van der Waals surface area contributed by atoms with E-state index in [-0.39, 0.29) is 12.1 Å². The third-order valence-electron chi connectivity index (χ3n) is 3.50. The van der Waals surface area contributed by atoms with Crippen molar-refractivity contribution in [1.82, 2.24) is 9.88 Å². The standard InChI is InChI=1S/C15H22ClN3O2/c1-2-3-10-21-15(20)19-9-5-6-12(11-19)18-14-13(16)7-4-8-17-14/h4,7-8,12H,2-3,5-6,9-11H2,1H3,(H,17,18). The van der Waals surface area contributed by atoms with Gasteiger partial charge in [0.15, 0.2) is 0 Å². The summed E-state index contributed by atoms with van der Waals surface area (Å²) >= 11 is 6.10. The van der Waals surface area contributed by atoms with Gasteiger partial charge in [-0.2, -0.15) is 0 Å². The molecule has 116 valence electrons. The molecule has 5 nitrogen and oxygen atoms in total. The lowest BCUT2D eigenvalue weighted by Crippen LogP contribution is -2.45. The summed E-state index contributed by atoms with van der Waals surface area (Å²) in [6.07, 6.45) is 5.35. The van der Waals surface area contributed by atoms with Crippen LogP contribution in [0.25, 0.3) is 0 Å². The van der Waals surface area contributed by atoms with E-state index in [4.69, 9.17) is 16.3 Å². The summed E-state index contributed by atoms with van der Waals surface area (Å²) in [5.41, 5.74) is 0. The molecule has 0 radical (unpaired) electrons. The van der Waals surface area contributed by atoms with E-state index in [1.807, 2.05) is 0 Å². The van der Waals surface area contributed by atoms with Crippen LogP contribution in [-0.2, 0) is 4.74 Å². The van der Waals surface area contributed by atoms with Gasteiger partial charge in [-0.1, -0.05) is 24.9 Å². The van der Waals surface area contributed by atoms with Gasteiger partial charge in [-0.25, -0.2) is 9.78 Å². The second-order valence-corrected chi connectivity index (χ2v) is 5.64. The van der Waals surface area contributed by atoms with Crippen LogP contribution in [0.3, 0.4) is 0 Å². The highest BCUT2D eigenvalue weighted by Gasteiger charge is 2.25. The molecule has 0 saturated carbocycles. The normalized spacial score (nSPS) is 18.4. The Labute approximate surface area is 130 Å². The summed E-state index contributed by atoms with van der Waals surface area (Å²) in [5.74, 6) is 0.672. The molecule has 1 saturated heterocycles. The van der Waals surface area contributed by atoms with Crippen LogP contribution in [0.1, 0.15) is 32.6 Å². The molecule has 2 heterocycles. The maximum Gasteiger partial charge on any atom is 0.409 e. The molecule has 6 heteroatoms. The number of hydrogen-bond donors (Lipinski definition) is 1. The number of likely N-dealkylation sites (tertiary alicyclic amines) is 1. The lowest BCUT2D eigenvalue weighted by Gasteiger charge is -2.32. The van der Waals surface area contributed by atoms with Gasteiger partial charge in [-0.05, 0) is 31.4 Å². The number of halogens is 1. The Balaban J connectivity index is 1.86. The molecular weight excluding hydrogens is 290 g/mol. The van der Waals surface area contributed by atoms with Gasteiger partial charge < -0.3 is 15.0 Å². The number of carbonyl (C=O) groups is 1. The Kier molecular flexibility index (Phi) is 6.11. The first-order valence-electron chi connectivity index (χ1n) is 7.49. The number of anilines is 1. The molecule has 0 spiro atoms. The molecule has 1 aliphatic rings. The highest BCUT2D eigenvalue weighted by atomic mass is 35.5. The van der Waals surface area contributed by atoms with Gasteiger partial charge in [-0.15, -0.1) is 0 Å². The van der Waals surface area contributed by atoms with Crippen LogP contribution in [0, 0.1) is 0 Å². The number of rotatable bonds is 5. The molecule has 1 fully saturated rings. The van der Waals surface area contributed by atoms with Crippen LogP contribution in [-0.4, -0.2) is 41.7 Å². The van der Waals surface area contributed by atoms with Crippen molar-refractivity contribution in [1.29, 1.82) is 0 Å². The number of hydrogen-bond acceptors (Lipinski definition) is 4.